The maximum absolute atomic E-state index is 6.25. The number of aryl methyl sites for hydroxylation is 1. The third-order valence-corrected chi connectivity index (χ3v) is 6.08. The molecule has 0 saturated carbocycles. The van der Waals surface area contributed by atoms with E-state index in [4.69, 9.17) is 16.0 Å². The predicted octanol–water partition coefficient (Wildman–Crippen LogP) is 4.75. The summed E-state index contributed by atoms with van der Waals surface area (Å²) in [6, 6.07) is 10.2. The highest BCUT2D eigenvalue weighted by molar-refractivity contribution is 6.30. The lowest BCUT2D eigenvalue weighted by atomic mass is 10.1. The van der Waals surface area contributed by atoms with Crippen LogP contribution in [0, 0.1) is 6.92 Å². The summed E-state index contributed by atoms with van der Waals surface area (Å²) >= 11 is 6.25. The molecule has 1 unspecified atom stereocenters. The van der Waals surface area contributed by atoms with Crippen molar-refractivity contribution in [3.63, 3.8) is 0 Å². The maximum Gasteiger partial charge on any atom is 0.168 e. The number of benzene rings is 1. The standard InChI is InChI=1S/C22H29ClN6O.ClH/c1-3-4-7-20(22-24-25-26-29(22)16-19-6-5-14-30-19)27-10-12-28(13-11-27)21-15-18(23)9-8-17(21)2;/h5-6,8-9,14-15,20H,3-4,7,10-13,16H2,1-2H3;1H. The summed E-state index contributed by atoms with van der Waals surface area (Å²) in [6.07, 6.45) is 5.03. The van der Waals surface area contributed by atoms with Crippen molar-refractivity contribution in [1.29, 1.82) is 0 Å². The summed E-state index contributed by atoms with van der Waals surface area (Å²) in [7, 11) is 0. The average Bonchev–Trinajstić information content (AvgIpc) is 3.44. The summed E-state index contributed by atoms with van der Waals surface area (Å²) in [5.74, 6) is 1.78. The summed E-state index contributed by atoms with van der Waals surface area (Å²) in [5, 5.41) is 13.4. The van der Waals surface area contributed by atoms with Crippen molar-refractivity contribution in [3.05, 3.63) is 58.8 Å². The van der Waals surface area contributed by atoms with Crippen LogP contribution < -0.4 is 4.90 Å². The molecule has 7 nitrogen and oxygen atoms in total. The topological polar surface area (TPSA) is 63.2 Å². The number of hydrogen-bond acceptors (Lipinski definition) is 6. The quantitative estimate of drug-likeness (QED) is 0.479. The number of furan rings is 1. The molecule has 1 aromatic carbocycles. The van der Waals surface area contributed by atoms with Crippen LogP contribution in [0.25, 0.3) is 0 Å². The van der Waals surface area contributed by atoms with Crippen LogP contribution >= 0.6 is 24.0 Å². The molecule has 0 N–H and O–H groups in total. The molecule has 1 aliphatic rings. The number of tetrazole rings is 1. The Hall–Kier alpha value is -2.09. The van der Waals surface area contributed by atoms with Crippen molar-refractivity contribution >= 4 is 29.7 Å². The fourth-order valence-electron chi connectivity index (χ4n) is 4.18. The third-order valence-electron chi connectivity index (χ3n) is 5.84. The van der Waals surface area contributed by atoms with Gasteiger partial charge in [0.15, 0.2) is 5.82 Å². The van der Waals surface area contributed by atoms with Gasteiger partial charge in [0.25, 0.3) is 0 Å². The zero-order valence-electron chi connectivity index (χ0n) is 18.1. The highest BCUT2D eigenvalue weighted by atomic mass is 35.5. The molecule has 0 bridgehead atoms. The molecule has 1 atom stereocenters. The van der Waals surface area contributed by atoms with E-state index in [0.717, 1.165) is 62.0 Å². The van der Waals surface area contributed by atoms with Crippen LogP contribution in [-0.2, 0) is 6.54 Å². The summed E-state index contributed by atoms with van der Waals surface area (Å²) in [4.78, 5) is 4.96. The molecule has 1 fully saturated rings. The Morgan fingerprint density at radius 2 is 1.97 bits per heavy atom. The first kappa shape index (κ1) is 23.6. The van der Waals surface area contributed by atoms with Gasteiger partial charge in [0.2, 0.25) is 0 Å². The van der Waals surface area contributed by atoms with Gasteiger partial charge in [-0.05, 0) is 53.6 Å². The van der Waals surface area contributed by atoms with E-state index in [2.05, 4.69) is 51.3 Å². The molecule has 1 aliphatic heterocycles. The Balaban J connectivity index is 0.00000272. The van der Waals surface area contributed by atoms with Crippen molar-refractivity contribution in [1.82, 2.24) is 25.1 Å². The van der Waals surface area contributed by atoms with Crippen LogP contribution in [0.4, 0.5) is 5.69 Å². The van der Waals surface area contributed by atoms with Crippen LogP contribution in [0.15, 0.2) is 41.0 Å². The Kier molecular flexibility index (Phi) is 8.35. The zero-order valence-corrected chi connectivity index (χ0v) is 19.6. The van der Waals surface area contributed by atoms with Gasteiger partial charge in [0, 0.05) is 36.9 Å². The van der Waals surface area contributed by atoms with Crippen LogP contribution in [0.5, 0.6) is 0 Å². The van der Waals surface area contributed by atoms with Crippen molar-refractivity contribution in [2.45, 2.75) is 45.7 Å². The lowest BCUT2D eigenvalue weighted by Crippen LogP contribution is -2.48. The van der Waals surface area contributed by atoms with E-state index in [-0.39, 0.29) is 18.4 Å². The van der Waals surface area contributed by atoms with Crippen LogP contribution in [0.3, 0.4) is 0 Å². The summed E-state index contributed by atoms with van der Waals surface area (Å²) in [6.45, 7) is 8.78. The summed E-state index contributed by atoms with van der Waals surface area (Å²) < 4.78 is 7.39. The molecular weight excluding hydrogens is 435 g/mol. The van der Waals surface area contributed by atoms with Crippen molar-refractivity contribution < 1.29 is 4.42 Å². The van der Waals surface area contributed by atoms with Gasteiger partial charge in [-0.2, -0.15) is 0 Å². The van der Waals surface area contributed by atoms with Crippen LogP contribution in [0.1, 0.15) is 49.4 Å². The molecule has 0 spiro atoms. The van der Waals surface area contributed by atoms with E-state index in [1.807, 2.05) is 22.9 Å². The Morgan fingerprint density at radius 1 is 1.16 bits per heavy atom. The highest BCUT2D eigenvalue weighted by Gasteiger charge is 2.29. The molecule has 0 amide bonds. The van der Waals surface area contributed by atoms with Gasteiger partial charge in [-0.15, -0.1) is 17.5 Å². The first-order chi connectivity index (χ1) is 14.7. The molecule has 9 heteroatoms. The fourth-order valence-corrected chi connectivity index (χ4v) is 4.35. The number of unbranched alkanes of at least 4 members (excludes halogenated alkanes) is 1. The van der Waals surface area contributed by atoms with Crippen molar-refractivity contribution in [2.75, 3.05) is 31.1 Å². The second-order valence-electron chi connectivity index (χ2n) is 7.89. The molecule has 3 aromatic rings. The van der Waals surface area contributed by atoms with Gasteiger partial charge in [-0.3, -0.25) is 4.90 Å². The van der Waals surface area contributed by atoms with Gasteiger partial charge < -0.3 is 9.32 Å². The number of piperazine rings is 1. The SMILES string of the molecule is CCCCC(c1nnnn1Cc1ccco1)N1CCN(c2cc(Cl)ccc2C)CC1.Cl. The van der Waals surface area contributed by atoms with E-state index < -0.39 is 0 Å². The lowest BCUT2D eigenvalue weighted by molar-refractivity contribution is 0.162. The first-order valence-electron chi connectivity index (χ1n) is 10.7. The molecular formula is C22H30Cl2N6O. The number of halogens is 2. The second kappa shape index (κ2) is 11.0. The molecule has 1 saturated heterocycles. The molecule has 168 valence electrons. The van der Waals surface area contributed by atoms with E-state index in [0.29, 0.717) is 6.54 Å². The van der Waals surface area contributed by atoms with Gasteiger partial charge in [-0.25, -0.2) is 4.68 Å². The third kappa shape index (κ3) is 5.59. The largest absolute Gasteiger partial charge is 0.467 e. The summed E-state index contributed by atoms with van der Waals surface area (Å²) in [5.41, 5.74) is 2.49. The van der Waals surface area contributed by atoms with Gasteiger partial charge >= 0.3 is 0 Å². The minimum atomic E-state index is 0. The normalized spacial score (nSPS) is 15.6. The van der Waals surface area contributed by atoms with Crippen LogP contribution in [-0.4, -0.2) is 51.3 Å². The molecule has 3 heterocycles. The van der Waals surface area contributed by atoms with Gasteiger partial charge in [0.05, 0.1) is 12.3 Å². The smallest absolute Gasteiger partial charge is 0.168 e. The predicted molar refractivity (Wildman–Crippen MR) is 125 cm³/mol. The Bertz CT molecular complexity index is 937. The number of rotatable bonds is 8. The minimum absolute atomic E-state index is 0. The molecule has 31 heavy (non-hydrogen) atoms. The van der Waals surface area contributed by atoms with E-state index >= 15 is 0 Å². The average molecular weight is 465 g/mol. The fraction of sp³-hybridized carbons (Fsp3) is 0.500. The van der Waals surface area contributed by atoms with E-state index in [1.165, 1.54) is 11.3 Å². The van der Waals surface area contributed by atoms with Gasteiger partial charge in [-0.1, -0.05) is 37.4 Å². The second-order valence-corrected chi connectivity index (χ2v) is 8.32. The Labute approximate surface area is 194 Å². The number of nitrogens with zero attached hydrogens (tertiary/aromatic N) is 6. The molecule has 4 rings (SSSR count). The van der Waals surface area contributed by atoms with E-state index in [9.17, 15) is 0 Å². The van der Waals surface area contributed by atoms with Crippen molar-refractivity contribution in [2.24, 2.45) is 0 Å². The number of aromatic nitrogens is 4. The number of hydrogen-bond donors (Lipinski definition) is 0. The minimum Gasteiger partial charge on any atom is -0.467 e. The highest BCUT2D eigenvalue weighted by Crippen LogP contribution is 2.29. The zero-order chi connectivity index (χ0) is 20.9. The van der Waals surface area contributed by atoms with Crippen molar-refractivity contribution in [3.8, 4) is 0 Å². The first-order valence-corrected chi connectivity index (χ1v) is 11.1. The van der Waals surface area contributed by atoms with Crippen LogP contribution in [0.2, 0.25) is 5.02 Å². The molecule has 0 aliphatic carbocycles. The van der Waals surface area contributed by atoms with E-state index in [1.54, 1.807) is 6.26 Å². The van der Waals surface area contributed by atoms with Gasteiger partial charge in [0.1, 0.15) is 12.3 Å². The lowest BCUT2D eigenvalue weighted by Gasteiger charge is -2.40. The number of anilines is 1. The molecule has 2 aromatic heterocycles. The monoisotopic (exact) mass is 464 g/mol. The Morgan fingerprint density at radius 3 is 2.68 bits per heavy atom. The molecule has 0 radical (unpaired) electrons. The maximum atomic E-state index is 6.25.